The van der Waals surface area contributed by atoms with E-state index in [1.165, 1.54) is 12.1 Å². The van der Waals surface area contributed by atoms with Gasteiger partial charge in [0.2, 0.25) is 0 Å². The molecule has 0 aliphatic heterocycles. The normalized spacial score (nSPS) is 10.4. The molecule has 0 radical (unpaired) electrons. The number of aromatic nitrogens is 1. The van der Waals surface area contributed by atoms with Crippen LogP contribution in [0.15, 0.2) is 29.1 Å². The Balaban J connectivity index is 2.62. The van der Waals surface area contributed by atoms with E-state index in [2.05, 4.69) is 0 Å². The van der Waals surface area contributed by atoms with Crippen molar-refractivity contribution < 1.29 is 19.8 Å². The number of carboxylic acids is 1. The smallest absolute Gasteiger partial charge is 0.322 e. The highest BCUT2D eigenvalue weighted by atomic mass is 16.4. The number of pyridine rings is 1. The quantitative estimate of drug-likeness (QED) is 0.544. The van der Waals surface area contributed by atoms with Crippen molar-refractivity contribution in [2.75, 3.05) is 12.4 Å². The average molecular weight is 277 g/mol. The van der Waals surface area contributed by atoms with Crippen LogP contribution in [-0.4, -0.2) is 33.3 Å². The maximum atomic E-state index is 12.0. The zero-order chi connectivity index (χ0) is 14.9. The molecule has 0 aliphatic rings. The minimum atomic E-state index is -1.27. The minimum Gasteiger partial charge on any atom is -0.506 e. The molecule has 0 saturated heterocycles. The number of carboxylic acid groups (broad SMARTS) is 1. The van der Waals surface area contributed by atoms with Gasteiger partial charge in [-0.15, -0.1) is 0 Å². The predicted octanol–water partition coefficient (Wildman–Crippen LogP) is -0.765. The van der Waals surface area contributed by atoms with Gasteiger partial charge >= 0.3 is 5.97 Å². The topological polar surface area (TPSA) is 135 Å². The first-order chi connectivity index (χ1) is 9.43. The molecule has 2 aromatic rings. The number of nitrogens with zero attached hydrogens (tertiary/aromatic N) is 1. The summed E-state index contributed by atoms with van der Waals surface area (Å²) in [4.78, 5) is 34.1. The van der Waals surface area contributed by atoms with Crippen molar-refractivity contribution in [2.24, 2.45) is 0 Å². The van der Waals surface area contributed by atoms with Crippen LogP contribution < -0.4 is 16.7 Å². The van der Waals surface area contributed by atoms with Gasteiger partial charge in [0.25, 0.3) is 11.5 Å². The number of amides is 1. The molecule has 1 heterocycles. The van der Waals surface area contributed by atoms with Gasteiger partial charge in [-0.1, -0.05) is 12.1 Å². The largest absolute Gasteiger partial charge is 0.506 e. The van der Waals surface area contributed by atoms with Crippen LogP contribution in [0.3, 0.4) is 0 Å². The van der Waals surface area contributed by atoms with E-state index in [0.29, 0.717) is 0 Å². The van der Waals surface area contributed by atoms with E-state index in [1.807, 2.05) is 5.32 Å². The number of carbonyl (C=O) groups excluding carboxylic acids is 1. The molecule has 8 nitrogen and oxygen atoms in total. The number of aromatic hydroxyl groups is 1. The Morgan fingerprint density at radius 3 is 2.60 bits per heavy atom. The highest BCUT2D eigenvalue weighted by Gasteiger charge is 2.21. The molecule has 0 saturated carbocycles. The number of hydrogen-bond acceptors (Lipinski definition) is 5. The fraction of sp³-hybridized carbons (Fsp3) is 0.0833. The first-order valence-corrected chi connectivity index (χ1v) is 5.55. The predicted molar refractivity (Wildman–Crippen MR) is 70.0 cm³/mol. The number of nitrogen functional groups attached to an aromatic ring is 1. The molecule has 2 rings (SSSR count). The van der Waals surface area contributed by atoms with Gasteiger partial charge in [-0.25, -0.2) is 4.68 Å². The van der Waals surface area contributed by atoms with Gasteiger partial charge in [0.05, 0.1) is 5.52 Å². The summed E-state index contributed by atoms with van der Waals surface area (Å²) in [5.74, 6) is 2.77. The monoisotopic (exact) mass is 277 g/mol. The molecule has 104 valence electrons. The van der Waals surface area contributed by atoms with Crippen molar-refractivity contribution in [3.63, 3.8) is 0 Å². The first kappa shape index (κ1) is 13.4. The van der Waals surface area contributed by atoms with Crippen molar-refractivity contribution in [2.45, 2.75) is 0 Å². The molecule has 1 amide bonds. The molecule has 0 aliphatic carbocycles. The van der Waals surface area contributed by atoms with E-state index in [0.717, 1.165) is 4.68 Å². The van der Waals surface area contributed by atoms with Crippen LogP contribution in [0.4, 0.5) is 0 Å². The van der Waals surface area contributed by atoms with Crippen LogP contribution >= 0.6 is 0 Å². The third-order valence-electron chi connectivity index (χ3n) is 2.72. The van der Waals surface area contributed by atoms with E-state index < -0.39 is 35.3 Å². The highest BCUT2D eigenvalue weighted by molar-refractivity contribution is 6.03. The van der Waals surface area contributed by atoms with Gasteiger partial charge in [-0.2, -0.15) is 0 Å². The molecule has 0 unspecified atom stereocenters. The van der Waals surface area contributed by atoms with Gasteiger partial charge in [-0.05, 0) is 12.1 Å². The van der Waals surface area contributed by atoms with E-state index in [-0.39, 0.29) is 10.9 Å². The Morgan fingerprint density at radius 1 is 1.30 bits per heavy atom. The highest BCUT2D eigenvalue weighted by Crippen LogP contribution is 2.24. The van der Waals surface area contributed by atoms with Crippen molar-refractivity contribution in [3.05, 3.63) is 40.2 Å². The van der Waals surface area contributed by atoms with E-state index in [4.69, 9.17) is 10.9 Å². The lowest BCUT2D eigenvalue weighted by atomic mass is 10.1. The second-order valence-corrected chi connectivity index (χ2v) is 3.99. The van der Waals surface area contributed by atoms with Gasteiger partial charge in [0.15, 0.2) is 0 Å². The van der Waals surface area contributed by atoms with Gasteiger partial charge in [0.1, 0.15) is 17.9 Å². The second-order valence-electron chi connectivity index (χ2n) is 3.99. The molecule has 0 bridgehead atoms. The van der Waals surface area contributed by atoms with E-state index in [1.54, 1.807) is 12.1 Å². The average Bonchev–Trinajstić information content (AvgIpc) is 2.43. The van der Waals surface area contributed by atoms with E-state index >= 15 is 0 Å². The summed E-state index contributed by atoms with van der Waals surface area (Å²) in [7, 11) is 0. The number of nitrogens with two attached hydrogens (primary N) is 1. The molecule has 5 N–H and O–H groups in total. The fourth-order valence-electron chi connectivity index (χ4n) is 1.80. The van der Waals surface area contributed by atoms with Crippen LogP contribution in [-0.2, 0) is 4.79 Å². The van der Waals surface area contributed by atoms with Crippen molar-refractivity contribution in [1.82, 2.24) is 9.99 Å². The third kappa shape index (κ3) is 2.14. The molecular weight excluding hydrogens is 266 g/mol. The third-order valence-corrected chi connectivity index (χ3v) is 2.72. The Labute approximate surface area is 112 Å². The van der Waals surface area contributed by atoms with Crippen LogP contribution in [0.2, 0.25) is 0 Å². The molecule has 1 aromatic heterocycles. The molecular formula is C12H11N3O5. The van der Waals surface area contributed by atoms with Crippen LogP contribution in [0.25, 0.3) is 10.9 Å². The number of fused-ring (bicyclic) bond motifs is 1. The van der Waals surface area contributed by atoms with Crippen molar-refractivity contribution in [1.29, 1.82) is 0 Å². The molecule has 20 heavy (non-hydrogen) atoms. The Bertz CT molecular complexity index is 766. The minimum absolute atomic E-state index is 0.218. The lowest BCUT2D eigenvalue weighted by Crippen LogP contribution is -2.38. The SMILES string of the molecule is Nn1c(=O)c(C(=O)NCC(=O)O)c(O)c2ccccc21. The number of benzene rings is 1. The lowest BCUT2D eigenvalue weighted by molar-refractivity contribution is -0.135. The first-order valence-electron chi connectivity index (χ1n) is 5.55. The second kappa shape index (κ2) is 4.92. The Hall–Kier alpha value is -3.03. The molecule has 1 aromatic carbocycles. The summed E-state index contributed by atoms with van der Waals surface area (Å²) in [5, 5.41) is 20.7. The summed E-state index contributed by atoms with van der Waals surface area (Å²) >= 11 is 0. The summed E-state index contributed by atoms with van der Waals surface area (Å²) in [5.41, 5.74) is -1.25. The summed E-state index contributed by atoms with van der Waals surface area (Å²) in [6, 6.07) is 6.22. The molecule has 0 atom stereocenters. The van der Waals surface area contributed by atoms with Gasteiger partial charge in [-0.3, -0.25) is 14.4 Å². The standard InChI is InChI=1S/C12H11N3O5/c13-15-7-4-2-1-3-6(7)10(18)9(12(15)20)11(19)14-5-8(16)17/h1-4,18H,5,13H2,(H,14,19)(H,16,17). The van der Waals surface area contributed by atoms with Gasteiger partial charge in [0, 0.05) is 5.39 Å². The zero-order valence-electron chi connectivity index (χ0n) is 10.2. The lowest BCUT2D eigenvalue weighted by Gasteiger charge is -2.10. The number of carbonyl (C=O) groups is 2. The Morgan fingerprint density at radius 2 is 1.95 bits per heavy atom. The number of nitrogens with one attached hydrogen (secondary N) is 1. The zero-order valence-corrected chi connectivity index (χ0v) is 10.2. The molecule has 0 spiro atoms. The fourth-order valence-corrected chi connectivity index (χ4v) is 1.80. The number of para-hydroxylation sites is 1. The maximum Gasteiger partial charge on any atom is 0.322 e. The molecule has 8 heteroatoms. The summed E-state index contributed by atoms with van der Waals surface area (Å²) < 4.78 is 0.727. The number of rotatable bonds is 3. The van der Waals surface area contributed by atoms with Crippen molar-refractivity contribution >= 4 is 22.8 Å². The summed E-state index contributed by atoms with van der Waals surface area (Å²) in [6.45, 7) is -0.672. The number of hydrogen-bond donors (Lipinski definition) is 4. The maximum absolute atomic E-state index is 12.0. The molecule has 0 fully saturated rings. The van der Waals surface area contributed by atoms with Crippen LogP contribution in [0.5, 0.6) is 5.75 Å². The Kier molecular flexibility index (Phi) is 3.30. The summed E-state index contributed by atoms with van der Waals surface area (Å²) in [6.07, 6.45) is 0. The van der Waals surface area contributed by atoms with Crippen LogP contribution in [0.1, 0.15) is 10.4 Å². The number of aliphatic carboxylic acids is 1. The van der Waals surface area contributed by atoms with E-state index in [9.17, 15) is 19.5 Å². The van der Waals surface area contributed by atoms with Crippen LogP contribution in [0, 0.1) is 0 Å². The van der Waals surface area contributed by atoms with Crippen molar-refractivity contribution in [3.8, 4) is 5.75 Å². The van der Waals surface area contributed by atoms with Gasteiger partial charge < -0.3 is 21.4 Å².